The normalized spacial score (nSPS) is 23.1. The van der Waals surface area contributed by atoms with Crippen molar-refractivity contribution in [2.75, 3.05) is 90.4 Å². The van der Waals surface area contributed by atoms with E-state index in [2.05, 4.69) is 58.0 Å². The zero-order valence-electron chi connectivity index (χ0n) is 22.1. The molecule has 0 radical (unpaired) electrons. The van der Waals surface area contributed by atoms with Crippen LogP contribution in [0.5, 0.6) is 0 Å². The van der Waals surface area contributed by atoms with E-state index in [1.807, 2.05) is 20.3 Å². The highest BCUT2D eigenvalue weighted by Crippen LogP contribution is 2.34. The Morgan fingerprint density at radius 1 is 1.06 bits per heavy atom. The summed E-state index contributed by atoms with van der Waals surface area (Å²) in [5, 5.41) is 0. The standard InChI is InChI=1S/C27H39N7O2/c1-30(2)25(35)16-23-15-21-17-28-26(29-27(21)34(23)19-24-18-32(4)13-14-36-24)20-5-7-22(8-6-20)33-11-9-31(3)10-12-33/h5-8,17,23-24H,9-16,18-19H2,1-4H3/t23?,24-/m1/s1. The Hall–Kier alpha value is -2.75. The molecule has 1 unspecified atom stereocenters. The van der Waals surface area contributed by atoms with Crippen LogP contribution in [0.2, 0.25) is 0 Å². The molecule has 0 saturated carbocycles. The van der Waals surface area contributed by atoms with Crippen molar-refractivity contribution in [3.05, 3.63) is 36.0 Å². The van der Waals surface area contributed by atoms with Crippen molar-refractivity contribution in [1.29, 1.82) is 0 Å². The fourth-order valence-corrected chi connectivity index (χ4v) is 5.35. The van der Waals surface area contributed by atoms with E-state index in [4.69, 9.17) is 14.7 Å². The fourth-order valence-electron chi connectivity index (χ4n) is 5.35. The maximum absolute atomic E-state index is 12.6. The number of likely N-dealkylation sites (N-methyl/N-ethyl adjacent to an activating group) is 2. The number of nitrogens with zero attached hydrogens (tertiary/aromatic N) is 7. The third kappa shape index (κ3) is 5.48. The first kappa shape index (κ1) is 24.9. The van der Waals surface area contributed by atoms with E-state index in [0.29, 0.717) is 6.42 Å². The van der Waals surface area contributed by atoms with Crippen LogP contribution < -0.4 is 9.80 Å². The van der Waals surface area contributed by atoms with Crippen molar-refractivity contribution < 1.29 is 9.53 Å². The van der Waals surface area contributed by atoms with E-state index in [-0.39, 0.29) is 18.1 Å². The summed E-state index contributed by atoms with van der Waals surface area (Å²) in [4.78, 5) is 33.5. The van der Waals surface area contributed by atoms with Crippen molar-refractivity contribution in [3.8, 4) is 11.4 Å². The van der Waals surface area contributed by atoms with Gasteiger partial charge in [0.15, 0.2) is 5.82 Å². The van der Waals surface area contributed by atoms with E-state index in [9.17, 15) is 4.79 Å². The van der Waals surface area contributed by atoms with Gasteiger partial charge in [0, 0.05) is 95.4 Å². The van der Waals surface area contributed by atoms with E-state index < -0.39 is 0 Å². The molecule has 0 N–H and O–H groups in total. The number of carbonyl (C=O) groups excluding carboxylic acids is 1. The van der Waals surface area contributed by atoms with E-state index >= 15 is 0 Å². The van der Waals surface area contributed by atoms with Crippen molar-refractivity contribution in [1.82, 2.24) is 24.7 Å². The van der Waals surface area contributed by atoms with Gasteiger partial charge in [-0.3, -0.25) is 4.79 Å². The number of rotatable bonds is 6. The van der Waals surface area contributed by atoms with Crippen molar-refractivity contribution >= 4 is 17.4 Å². The summed E-state index contributed by atoms with van der Waals surface area (Å²) in [7, 11) is 7.94. The predicted molar refractivity (Wildman–Crippen MR) is 143 cm³/mol. The molecular weight excluding hydrogens is 454 g/mol. The molecule has 2 saturated heterocycles. The summed E-state index contributed by atoms with van der Waals surface area (Å²) >= 11 is 0. The number of morpholine rings is 1. The van der Waals surface area contributed by atoms with Crippen molar-refractivity contribution in [2.45, 2.75) is 25.0 Å². The minimum absolute atomic E-state index is 0.0647. The molecule has 1 amide bonds. The quantitative estimate of drug-likeness (QED) is 0.599. The summed E-state index contributed by atoms with van der Waals surface area (Å²) in [6, 6.07) is 8.68. The molecule has 1 aromatic heterocycles. The Morgan fingerprint density at radius 2 is 1.81 bits per heavy atom. The van der Waals surface area contributed by atoms with Gasteiger partial charge in [0.05, 0.1) is 12.7 Å². The molecule has 0 aliphatic carbocycles. The Morgan fingerprint density at radius 3 is 2.50 bits per heavy atom. The van der Waals surface area contributed by atoms with E-state index in [1.165, 1.54) is 5.69 Å². The minimum Gasteiger partial charge on any atom is -0.374 e. The smallest absolute Gasteiger partial charge is 0.224 e. The maximum Gasteiger partial charge on any atom is 0.224 e. The monoisotopic (exact) mass is 493 g/mol. The lowest BCUT2D eigenvalue weighted by atomic mass is 10.1. The van der Waals surface area contributed by atoms with Crippen LogP contribution in [0.25, 0.3) is 11.4 Å². The second-order valence-corrected chi connectivity index (χ2v) is 10.6. The minimum atomic E-state index is 0.0647. The van der Waals surface area contributed by atoms with Crippen molar-refractivity contribution in [3.63, 3.8) is 0 Å². The van der Waals surface area contributed by atoms with Gasteiger partial charge in [-0.15, -0.1) is 0 Å². The summed E-state index contributed by atoms with van der Waals surface area (Å²) < 4.78 is 6.09. The topological polar surface area (TPSA) is 68.3 Å². The van der Waals surface area contributed by atoms with Crippen LogP contribution >= 0.6 is 0 Å². The van der Waals surface area contributed by atoms with Gasteiger partial charge in [-0.2, -0.15) is 0 Å². The first-order chi connectivity index (χ1) is 17.4. The number of fused-ring (bicyclic) bond motifs is 1. The number of aromatic nitrogens is 2. The molecule has 36 heavy (non-hydrogen) atoms. The van der Waals surface area contributed by atoms with Crippen LogP contribution in [0.1, 0.15) is 12.0 Å². The second kappa shape index (κ2) is 10.7. The van der Waals surface area contributed by atoms with Gasteiger partial charge in [0.25, 0.3) is 0 Å². The fraction of sp³-hybridized carbons (Fsp3) is 0.593. The lowest BCUT2D eigenvalue weighted by Crippen LogP contribution is -2.48. The van der Waals surface area contributed by atoms with Crippen molar-refractivity contribution in [2.24, 2.45) is 0 Å². The molecule has 4 heterocycles. The molecule has 0 spiro atoms. The molecule has 9 nitrogen and oxygen atoms in total. The van der Waals surface area contributed by atoms with Crippen LogP contribution in [-0.2, 0) is 16.0 Å². The number of anilines is 2. The van der Waals surface area contributed by atoms with Crippen LogP contribution in [0.15, 0.2) is 30.5 Å². The molecule has 2 atom stereocenters. The van der Waals surface area contributed by atoms with Gasteiger partial charge in [-0.05, 0) is 44.8 Å². The number of benzene rings is 1. The second-order valence-electron chi connectivity index (χ2n) is 10.6. The third-order valence-electron chi connectivity index (χ3n) is 7.66. The summed E-state index contributed by atoms with van der Waals surface area (Å²) in [6.07, 6.45) is 3.28. The largest absolute Gasteiger partial charge is 0.374 e. The molecule has 194 valence electrons. The van der Waals surface area contributed by atoms with Gasteiger partial charge in [0.1, 0.15) is 5.82 Å². The summed E-state index contributed by atoms with van der Waals surface area (Å²) in [5.74, 6) is 1.80. The summed E-state index contributed by atoms with van der Waals surface area (Å²) in [5.41, 5.74) is 3.36. The first-order valence-electron chi connectivity index (χ1n) is 13.0. The molecule has 1 aromatic carbocycles. The lowest BCUT2D eigenvalue weighted by Gasteiger charge is -2.35. The number of ether oxygens (including phenoxy) is 1. The molecule has 2 fully saturated rings. The number of carbonyl (C=O) groups is 1. The Balaban J connectivity index is 1.37. The van der Waals surface area contributed by atoms with Crippen LogP contribution in [-0.4, -0.2) is 123 Å². The zero-order chi connectivity index (χ0) is 25.2. The number of hydrogen-bond acceptors (Lipinski definition) is 8. The van der Waals surface area contributed by atoms with Gasteiger partial charge < -0.3 is 29.2 Å². The third-order valence-corrected chi connectivity index (χ3v) is 7.66. The van der Waals surface area contributed by atoms with Crippen LogP contribution in [0, 0.1) is 0 Å². The Kier molecular flexibility index (Phi) is 7.41. The number of amides is 1. The van der Waals surface area contributed by atoms with Crippen LogP contribution in [0.3, 0.4) is 0 Å². The number of hydrogen-bond donors (Lipinski definition) is 0. The highest BCUT2D eigenvalue weighted by atomic mass is 16.5. The molecule has 5 rings (SSSR count). The average Bonchev–Trinajstić information content (AvgIpc) is 3.20. The molecule has 9 heteroatoms. The highest BCUT2D eigenvalue weighted by molar-refractivity contribution is 5.77. The lowest BCUT2D eigenvalue weighted by molar-refractivity contribution is -0.129. The summed E-state index contributed by atoms with van der Waals surface area (Å²) in [6.45, 7) is 7.56. The highest BCUT2D eigenvalue weighted by Gasteiger charge is 2.35. The molecular formula is C27H39N7O2. The first-order valence-corrected chi connectivity index (χ1v) is 13.0. The van der Waals surface area contributed by atoms with Crippen LogP contribution in [0.4, 0.5) is 11.5 Å². The molecule has 3 aliphatic rings. The van der Waals surface area contributed by atoms with Gasteiger partial charge in [-0.25, -0.2) is 9.97 Å². The van der Waals surface area contributed by atoms with Gasteiger partial charge >= 0.3 is 0 Å². The van der Waals surface area contributed by atoms with E-state index in [1.54, 1.807) is 4.90 Å². The molecule has 2 aromatic rings. The maximum atomic E-state index is 12.6. The van der Waals surface area contributed by atoms with E-state index in [0.717, 1.165) is 81.6 Å². The van der Waals surface area contributed by atoms with Gasteiger partial charge in [-0.1, -0.05) is 0 Å². The SMILES string of the molecule is CN1CCN(c2ccc(-c3ncc4c(n3)N(C[C@H]3CN(C)CCO3)C(CC(=O)N(C)C)C4)cc2)CC1. The van der Waals surface area contributed by atoms with Gasteiger partial charge in [0.2, 0.25) is 5.91 Å². The molecule has 3 aliphatic heterocycles. The number of piperazine rings is 1. The predicted octanol–water partition coefficient (Wildman–Crippen LogP) is 1.44. The average molecular weight is 494 g/mol. The Labute approximate surface area is 214 Å². The molecule has 0 bridgehead atoms. The zero-order valence-corrected chi connectivity index (χ0v) is 22.1. The Bertz CT molecular complexity index is 1050.